The third-order valence-electron chi connectivity index (χ3n) is 4.70. The second-order valence-corrected chi connectivity index (χ2v) is 6.06. The molecule has 0 saturated heterocycles. The van der Waals surface area contributed by atoms with Crippen LogP contribution in [0.5, 0.6) is 0 Å². The molecule has 1 heterocycles. The second kappa shape index (κ2) is 6.01. The van der Waals surface area contributed by atoms with E-state index in [0.717, 1.165) is 30.2 Å². The van der Waals surface area contributed by atoms with Gasteiger partial charge in [-0.15, -0.1) is 0 Å². The first kappa shape index (κ1) is 13.7. The monoisotopic (exact) mass is 271 g/mol. The Balaban J connectivity index is 1.71. The van der Waals surface area contributed by atoms with Crippen LogP contribution in [0.15, 0.2) is 28.7 Å². The highest BCUT2D eigenvalue weighted by Crippen LogP contribution is 2.31. The van der Waals surface area contributed by atoms with Crippen LogP contribution < -0.4 is 5.32 Å². The van der Waals surface area contributed by atoms with E-state index < -0.39 is 0 Å². The van der Waals surface area contributed by atoms with Gasteiger partial charge in [-0.3, -0.25) is 0 Å². The van der Waals surface area contributed by atoms with Crippen molar-refractivity contribution in [3.05, 3.63) is 35.6 Å². The van der Waals surface area contributed by atoms with Crippen molar-refractivity contribution in [2.75, 3.05) is 6.54 Å². The highest BCUT2D eigenvalue weighted by Gasteiger charge is 2.20. The number of fused-ring (bicyclic) bond motifs is 1. The predicted octanol–water partition coefficient (Wildman–Crippen LogP) is 4.84. The molecule has 0 bridgehead atoms. The van der Waals surface area contributed by atoms with Crippen LogP contribution in [0.2, 0.25) is 0 Å². The van der Waals surface area contributed by atoms with Crippen LogP contribution in [-0.2, 0) is 6.42 Å². The summed E-state index contributed by atoms with van der Waals surface area (Å²) in [7, 11) is 0. The smallest absolute Gasteiger partial charge is 0.134 e. The van der Waals surface area contributed by atoms with Crippen LogP contribution in [-0.4, -0.2) is 6.54 Å². The van der Waals surface area contributed by atoms with Gasteiger partial charge in [-0.2, -0.15) is 0 Å². The van der Waals surface area contributed by atoms with Crippen LogP contribution >= 0.6 is 0 Å². The number of hydrogen-bond acceptors (Lipinski definition) is 2. The maximum atomic E-state index is 6.09. The summed E-state index contributed by atoms with van der Waals surface area (Å²) in [5.41, 5.74) is 2.39. The van der Waals surface area contributed by atoms with Crippen molar-refractivity contribution in [2.45, 2.75) is 52.0 Å². The molecule has 1 N–H and O–H groups in total. The van der Waals surface area contributed by atoms with E-state index in [4.69, 9.17) is 4.42 Å². The molecule has 108 valence electrons. The van der Waals surface area contributed by atoms with E-state index in [2.05, 4.69) is 37.4 Å². The summed E-state index contributed by atoms with van der Waals surface area (Å²) in [6, 6.07) is 8.68. The maximum absolute atomic E-state index is 6.09. The lowest BCUT2D eigenvalue weighted by Gasteiger charge is -2.26. The molecule has 1 aliphatic carbocycles. The average Bonchev–Trinajstić information content (AvgIpc) is 2.79. The van der Waals surface area contributed by atoms with Crippen molar-refractivity contribution in [2.24, 2.45) is 5.92 Å². The first-order chi connectivity index (χ1) is 9.79. The zero-order chi connectivity index (χ0) is 13.9. The van der Waals surface area contributed by atoms with Crippen molar-refractivity contribution >= 4 is 11.0 Å². The third kappa shape index (κ3) is 2.62. The van der Waals surface area contributed by atoms with Gasteiger partial charge in [0.05, 0.1) is 6.04 Å². The molecule has 0 radical (unpaired) electrons. The molecule has 1 aliphatic rings. The van der Waals surface area contributed by atoms with Crippen LogP contribution in [0.25, 0.3) is 11.0 Å². The Morgan fingerprint density at radius 2 is 2.10 bits per heavy atom. The molecule has 1 fully saturated rings. The standard InChI is InChI=1S/C18H25NO/c1-3-15-16-9-4-5-10-17(16)20-18(15)13(2)19-12-11-14-7-6-8-14/h4-5,9-10,13-14,19H,3,6-8,11-12H2,1-2H3. The van der Waals surface area contributed by atoms with Crippen molar-refractivity contribution < 1.29 is 4.42 Å². The van der Waals surface area contributed by atoms with Crippen LogP contribution in [0, 0.1) is 5.92 Å². The summed E-state index contributed by atoms with van der Waals surface area (Å²) >= 11 is 0. The Morgan fingerprint density at radius 1 is 1.30 bits per heavy atom. The van der Waals surface area contributed by atoms with Gasteiger partial charge in [0, 0.05) is 10.9 Å². The van der Waals surface area contributed by atoms with Crippen LogP contribution in [0.4, 0.5) is 0 Å². The zero-order valence-corrected chi connectivity index (χ0v) is 12.6. The number of para-hydroxylation sites is 1. The lowest BCUT2D eigenvalue weighted by Crippen LogP contribution is -2.24. The summed E-state index contributed by atoms with van der Waals surface area (Å²) in [6.45, 7) is 5.53. The summed E-state index contributed by atoms with van der Waals surface area (Å²) in [6.07, 6.45) is 6.64. The molecule has 1 aromatic heterocycles. The lowest BCUT2D eigenvalue weighted by atomic mass is 9.83. The minimum absolute atomic E-state index is 0.303. The molecule has 1 unspecified atom stereocenters. The van der Waals surface area contributed by atoms with Gasteiger partial charge in [0.2, 0.25) is 0 Å². The van der Waals surface area contributed by atoms with E-state index in [9.17, 15) is 0 Å². The number of benzene rings is 1. The summed E-state index contributed by atoms with van der Waals surface area (Å²) in [5.74, 6) is 2.10. The Bertz CT molecular complexity index is 568. The molecule has 0 spiro atoms. The molecule has 3 rings (SSSR count). The Morgan fingerprint density at radius 3 is 2.80 bits per heavy atom. The summed E-state index contributed by atoms with van der Waals surface area (Å²) in [5, 5.41) is 4.92. The van der Waals surface area contributed by atoms with Crippen molar-refractivity contribution in [3.63, 3.8) is 0 Å². The third-order valence-corrected chi connectivity index (χ3v) is 4.70. The fourth-order valence-electron chi connectivity index (χ4n) is 3.21. The minimum Gasteiger partial charge on any atom is -0.459 e. The molecule has 1 saturated carbocycles. The van der Waals surface area contributed by atoms with Gasteiger partial charge in [-0.25, -0.2) is 0 Å². The molecule has 1 atom stereocenters. The number of rotatable bonds is 6. The van der Waals surface area contributed by atoms with E-state index in [0.29, 0.717) is 6.04 Å². The number of nitrogens with one attached hydrogen (secondary N) is 1. The largest absolute Gasteiger partial charge is 0.459 e. The van der Waals surface area contributed by atoms with Gasteiger partial charge in [-0.05, 0) is 38.3 Å². The molecule has 20 heavy (non-hydrogen) atoms. The maximum Gasteiger partial charge on any atom is 0.134 e. The van der Waals surface area contributed by atoms with E-state index in [-0.39, 0.29) is 0 Å². The van der Waals surface area contributed by atoms with Gasteiger partial charge in [-0.1, -0.05) is 44.4 Å². The average molecular weight is 271 g/mol. The van der Waals surface area contributed by atoms with Crippen molar-refractivity contribution in [3.8, 4) is 0 Å². The molecular formula is C18H25NO. The van der Waals surface area contributed by atoms with Crippen molar-refractivity contribution in [1.82, 2.24) is 5.32 Å². The Labute approximate surface area is 121 Å². The fraction of sp³-hybridized carbons (Fsp3) is 0.556. The lowest BCUT2D eigenvalue weighted by molar-refractivity contribution is 0.286. The molecule has 0 aliphatic heterocycles. The molecule has 2 aromatic rings. The topological polar surface area (TPSA) is 25.2 Å². The fourth-order valence-corrected chi connectivity index (χ4v) is 3.21. The first-order valence-electron chi connectivity index (χ1n) is 8.03. The van der Waals surface area contributed by atoms with Crippen LogP contribution in [0.3, 0.4) is 0 Å². The van der Waals surface area contributed by atoms with E-state index in [1.165, 1.54) is 36.6 Å². The number of hydrogen-bond donors (Lipinski definition) is 1. The summed E-state index contributed by atoms with van der Waals surface area (Å²) < 4.78 is 6.09. The molecule has 2 heteroatoms. The number of furan rings is 1. The Kier molecular flexibility index (Phi) is 4.11. The minimum atomic E-state index is 0.303. The summed E-state index contributed by atoms with van der Waals surface area (Å²) in [4.78, 5) is 0. The highest BCUT2D eigenvalue weighted by molar-refractivity contribution is 5.82. The first-order valence-corrected chi connectivity index (χ1v) is 8.03. The normalized spacial score (nSPS) is 17.3. The predicted molar refractivity (Wildman–Crippen MR) is 84.0 cm³/mol. The van der Waals surface area contributed by atoms with Gasteiger partial charge in [0.1, 0.15) is 11.3 Å². The van der Waals surface area contributed by atoms with Gasteiger partial charge in [0.15, 0.2) is 0 Å². The van der Waals surface area contributed by atoms with E-state index >= 15 is 0 Å². The molecule has 2 nitrogen and oxygen atoms in total. The highest BCUT2D eigenvalue weighted by atomic mass is 16.3. The van der Waals surface area contributed by atoms with E-state index in [1.807, 2.05) is 6.07 Å². The molecular weight excluding hydrogens is 246 g/mol. The van der Waals surface area contributed by atoms with Gasteiger partial charge >= 0.3 is 0 Å². The van der Waals surface area contributed by atoms with Crippen molar-refractivity contribution in [1.29, 1.82) is 0 Å². The SMILES string of the molecule is CCc1c(C(C)NCCC2CCC2)oc2ccccc12. The van der Waals surface area contributed by atoms with Crippen LogP contribution in [0.1, 0.15) is 56.9 Å². The number of aryl methyl sites for hydroxylation is 1. The second-order valence-electron chi connectivity index (χ2n) is 6.06. The molecule has 0 amide bonds. The Hall–Kier alpha value is -1.28. The zero-order valence-electron chi connectivity index (χ0n) is 12.6. The van der Waals surface area contributed by atoms with Gasteiger partial charge in [0.25, 0.3) is 0 Å². The molecule has 1 aromatic carbocycles. The van der Waals surface area contributed by atoms with E-state index in [1.54, 1.807) is 0 Å². The van der Waals surface area contributed by atoms with Gasteiger partial charge < -0.3 is 9.73 Å². The quantitative estimate of drug-likeness (QED) is 0.813.